The highest BCUT2D eigenvalue weighted by atomic mass is 32.2. The molecule has 0 aromatic heterocycles. The Bertz CT molecular complexity index is 1030. The van der Waals surface area contributed by atoms with Gasteiger partial charge in [-0.2, -0.15) is 0 Å². The third-order valence-corrected chi connectivity index (χ3v) is 5.79. The summed E-state index contributed by atoms with van der Waals surface area (Å²) in [5.74, 6) is -0.678. The number of carbonyl (C=O) groups excluding carboxylic acids is 2. The fraction of sp³-hybridized carbons (Fsp3) is 0.263. The van der Waals surface area contributed by atoms with Gasteiger partial charge in [-0.3, -0.25) is 14.5 Å². The number of hydrogen-bond donors (Lipinski definition) is 2. The molecule has 1 aliphatic heterocycles. The minimum atomic E-state index is -3.89. The minimum absolute atomic E-state index is 0.126. The van der Waals surface area contributed by atoms with Crippen molar-refractivity contribution in [3.63, 3.8) is 0 Å². The van der Waals surface area contributed by atoms with E-state index in [-0.39, 0.29) is 34.7 Å². The minimum Gasteiger partial charge on any atom is -0.495 e. The summed E-state index contributed by atoms with van der Waals surface area (Å²) in [7, 11) is -2.53. The summed E-state index contributed by atoms with van der Waals surface area (Å²) in [5.41, 5.74) is 1.21. The molecule has 0 fully saturated rings. The van der Waals surface area contributed by atoms with Crippen LogP contribution in [0.2, 0.25) is 0 Å². The molecule has 0 unspecified atom stereocenters. The zero-order valence-corrected chi connectivity index (χ0v) is 16.5. The molecule has 1 aliphatic rings. The van der Waals surface area contributed by atoms with Crippen molar-refractivity contribution in [3.8, 4) is 5.75 Å². The molecule has 2 aromatic rings. The molecule has 9 heteroatoms. The van der Waals surface area contributed by atoms with E-state index in [4.69, 9.17) is 4.74 Å². The maximum Gasteiger partial charge on any atom is 0.258 e. The predicted octanol–water partition coefficient (Wildman–Crippen LogP) is 1.98. The van der Waals surface area contributed by atoms with Gasteiger partial charge in [-0.05, 0) is 44.2 Å². The van der Waals surface area contributed by atoms with E-state index >= 15 is 0 Å². The van der Waals surface area contributed by atoms with Crippen LogP contribution in [0.15, 0.2) is 47.4 Å². The van der Waals surface area contributed by atoms with Crippen LogP contribution in [0.3, 0.4) is 0 Å². The van der Waals surface area contributed by atoms with Crippen molar-refractivity contribution in [1.82, 2.24) is 4.72 Å². The second-order valence-corrected chi connectivity index (χ2v) is 8.28. The van der Waals surface area contributed by atoms with E-state index in [0.29, 0.717) is 11.4 Å². The van der Waals surface area contributed by atoms with Crippen LogP contribution in [0.25, 0.3) is 0 Å². The Hall–Kier alpha value is -2.91. The van der Waals surface area contributed by atoms with E-state index in [2.05, 4.69) is 10.0 Å². The number of ether oxygens (including phenoxy) is 1. The molecule has 0 spiro atoms. The zero-order valence-electron chi connectivity index (χ0n) is 15.7. The lowest BCUT2D eigenvalue weighted by molar-refractivity contribution is -0.115. The SMILES string of the molecule is COc1ccc(C(=O)N2CC(=O)Nc3ccccc32)cc1S(=O)(=O)NC(C)C. The zero-order chi connectivity index (χ0) is 20.5. The number of rotatable bonds is 5. The largest absolute Gasteiger partial charge is 0.495 e. The van der Waals surface area contributed by atoms with Crippen LogP contribution < -0.4 is 19.7 Å². The van der Waals surface area contributed by atoms with Crippen LogP contribution in [0.5, 0.6) is 5.75 Å². The molecule has 1 heterocycles. The van der Waals surface area contributed by atoms with Gasteiger partial charge in [0.2, 0.25) is 15.9 Å². The molecule has 2 N–H and O–H groups in total. The number of fused-ring (bicyclic) bond motifs is 1. The molecule has 28 heavy (non-hydrogen) atoms. The standard InChI is InChI=1S/C19H21N3O5S/c1-12(2)21-28(25,26)17-10-13(8-9-16(17)27-3)19(24)22-11-18(23)20-14-6-4-5-7-15(14)22/h4-10,12,21H,11H2,1-3H3,(H,20,23). The number of sulfonamides is 1. The molecule has 0 radical (unpaired) electrons. The summed E-state index contributed by atoms with van der Waals surface area (Å²) in [6, 6.07) is 10.8. The number of para-hydroxylation sites is 2. The van der Waals surface area contributed by atoms with Gasteiger partial charge in [-0.1, -0.05) is 12.1 Å². The summed E-state index contributed by atoms with van der Waals surface area (Å²) in [6.07, 6.45) is 0. The van der Waals surface area contributed by atoms with Gasteiger partial charge in [0.05, 0.1) is 18.5 Å². The molecule has 148 valence electrons. The van der Waals surface area contributed by atoms with Gasteiger partial charge in [0.25, 0.3) is 5.91 Å². The molecule has 0 bridgehead atoms. The number of amides is 2. The lowest BCUT2D eigenvalue weighted by atomic mass is 10.1. The summed E-state index contributed by atoms with van der Waals surface area (Å²) in [4.78, 5) is 26.3. The third kappa shape index (κ3) is 3.85. The van der Waals surface area contributed by atoms with Crippen LogP contribution >= 0.6 is 0 Å². The van der Waals surface area contributed by atoms with Gasteiger partial charge in [-0.25, -0.2) is 13.1 Å². The van der Waals surface area contributed by atoms with E-state index in [1.807, 2.05) is 0 Å². The van der Waals surface area contributed by atoms with E-state index < -0.39 is 15.9 Å². The molecule has 3 rings (SSSR count). The number of hydrogen-bond acceptors (Lipinski definition) is 5. The predicted molar refractivity (Wildman–Crippen MR) is 105 cm³/mol. The molecule has 2 amide bonds. The molecule has 0 saturated carbocycles. The maximum absolute atomic E-state index is 13.1. The van der Waals surface area contributed by atoms with Crippen molar-refractivity contribution in [1.29, 1.82) is 0 Å². The van der Waals surface area contributed by atoms with Crippen LogP contribution in [-0.4, -0.2) is 39.9 Å². The van der Waals surface area contributed by atoms with Crippen molar-refractivity contribution in [3.05, 3.63) is 48.0 Å². The molecule has 0 aliphatic carbocycles. The number of anilines is 2. The van der Waals surface area contributed by atoms with Gasteiger partial charge in [0.15, 0.2) is 0 Å². The van der Waals surface area contributed by atoms with Gasteiger partial charge < -0.3 is 10.1 Å². The second-order valence-electron chi connectivity index (χ2n) is 6.60. The third-order valence-electron chi connectivity index (χ3n) is 4.11. The Morgan fingerprint density at radius 3 is 2.61 bits per heavy atom. The van der Waals surface area contributed by atoms with E-state index in [9.17, 15) is 18.0 Å². The highest BCUT2D eigenvalue weighted by molar-refractivity contribution is 7.89. The molecule has 2 aromatic carbocycles. The topological polar surface area (TPSA) is 105 Å². The first-order valence-electron chi connectivity index (χ1n) is 8.64. The summed E-state index contributed by atoms with van der Waals surface area (Å²) >= 11 is 0. The lowest BCUT2D eigenvalue weighted by Gasteiger charge is -2.29. The number of carbonyl (C=O) groups is 2. The number of methoxy groups -OCH3 is 1. The van der Waals surface area contributed by atoms with Crippen LogP contribution in [0, 0.1) is 0 Å². The maximum atomic E-state index is 13.1. The smallest absolute Gasteiger partial charge is 0.258 e. The number of nitrogens with one attached hydrogen (secondary N) is 2. The van der Waals surface area contributed by atoms with Gasteiger partial charge >= 0.3 is 0 Å². The second kappa shape index (κ2) is 7.61. The van der Waals surface area contributed by atoms with Crippen molar-refractivity contribution in [2.24, 2.45) is 0 Å². The van der Waals surface area contributed by atoms with Crippen LogP contribution in [-0.2, 0) is 14.8 Å². The summed E-state index contributed by atoms with van der Waals surface area (Å²) in [6.45, 7) is 3.23. The average Bonchev–Trinajstić information content (AvgIpc) is 2.65. The number of nitrogens with zero attached hydrogens (tertiary/aromatic N) is 1. The molecule has 0 saturated heterocycles. The Morgan fingerprint density at radius 1 is 1.21 bits per heavy atom. The fourth-order valence-corrected chi connectivity index (χ4v) is 4.41. The summed E-state index contributed by atoms with van der Waals surface area (Å²) < 4.78 is 32.9. The first-order valence-corrected chi connectivity index (χ1v) is 10.1. The Kier molecular flexibility index (Phi) is 5.39. The quantitative estimate of drug-likeness (QED) is 0.794. The van der Waals surface area contributed by atoms with Crippen molar-refractivity contribution in [2.45, 2.75) is 24.8 Å². The highest BCUT2D eigenvalue weighted by Crippen LogP contribution is 2.31. The van der Waals surface area contributed by atoms with E-state index in [0.717, 1.165) is 0 Å². The van der Waals surface area contributed by atoms with Gasteiger partial charge in [-0.15, -0.1) is 0 Å². The van der Waals surface area contributed by atoms with Crippen LogP contribution in [0.4, 0.5) is 11.4 Å². The van der Waals surface area contributed by atoms with Crippen molar-refractivity contribution >= 4 is 33.2 Å². The Balaban J connectivity index is 2.04. The molecule has 8 nitrogen and oxygen atoms in total. The number of benzene rings is 2. The average molecular weight is 403 g/mol. The first kappa shape index (κ1) is 19.8. The van der Waals surface area contributed by atoms with E-state index in [1.165, 1.54) is 30.2 Å². The first-order chi connectivity index (χ1) is 13.2. The lowest BCUT2D eigenvalue weighted by Crippen LogP contribution is -2.42. The molecule has 0 atom stereocenters. The monoisotopic (exact) mass is 403 g/mol. The van der Waals surface area contributed by atoms with Crippen molar-refractivity contribution < 1.29 is 22.7 Å². The Labute approximate surface area is 163 Å². The Morgan fingerprint density at radius 2 is 1.93 bits per heavy atom. The highest BCUT2D eigenvalue weighted by Gasteiger charge is 2.29. The van der Waals surface area contributed by atoms with Gasteiger partial charge in [0, 0.05) is 11.6 Å². The fourth-order valence-electron chi connectivity index (χ4n) is 2.96. The van der Waals surface area contributed by atoms with Gasteiger partial charge in [0.1, 0.15) is 17.2 Å². The van der Waals surface area contributed by atoms with Crippen LogP contribution in [0.1, 0.15) is 24.2 Å². The van der Waals surface area contributed by atoms with Crippen molar-refractivity contribution in [2.75, 3.05) is 23.9 Å². The van der Waals surface area contributed by atoms with E-state index in [1.54, 1.807) is 38.1 Å². The molecular weight excluding hydrogens is 382 g/mol. The summed E-state index contributed by atoms with van der Waals surface area (Å²) in [5, 5.41) is 2.71. The molecular formula is C19H21N3O5S. The normalized spacial score (nSPS) is 13.9.